The van der Waals surface area contributed by atoms with Gasteiger partial charge >= 0.3 is 0 Å². The van der Waals surface area contributed by atoms with Gasteiger partial charge in [-0.25, -0.2) is 0 Å². The molecule has 1 heterocycles. The van der Waals surface area contributed by atoms with Gasteiger partial charge < -0.3 is 10.6 Å². The van der Waals surface area contributed by atoms with Gasteiger partial charge in [-0.2, -0.15) is 5.26 Å². The maximum atomic E-state index is 11.9. The molecule has 0 aliphatic heterocycles. The van der Waals surface area contributed by atoms with Gasteiger partial charge in [-0.05, 0) is 24.1 Å². The van der Waals surface area contributed by atoms with Crippen molar-refractivity contribution in [2.45, 2.75) is 24.1 Å². The maximum absolute atomic E-state index is 11.9. The Hall–Kier alpha value is -2.11. The summed E-state index contributed by atoms with van der Waals surface area (Å²) < 4.78 is 0.767. The lowest BCUT2D eigenvalue weighted by Crippen LogP contribution is -2.13. The highest BCUT2D eigenvalue weighted by molar-refractivity contribution is 8.01. The fourth-order valence-electron chi connectivity index (χ4n) is 1.69. The molecule has 0 fully saturated rings. The Bertz CT molecular complexity index is 678. The number of anilines is 2. The van der Waals surface area contributed by atoms with Crippen molar-refractivity contribution in [2.75, 3.05) is 22.9 Å². The summed E-state index contributed by atoms with van der Waals surface area (Å²) in [6, 6.07) is 9.36. The van der Waals surface area contributed by atoms with Crippen LogP contribution in [-0.4, -0.2) is 28.4 Å². The molecule has 0 atom stereocenters. The van der Waals surface area contributed by atoms with Gasteiger partial charge in [-0.3, -0.25) is 4.79 Å². The number of carbonyl (C=O) groups excluding carboxylic acids is 1. The van der Waals surface area contributed by atoms with Crippen LogP contribution in [0.1, 0.15) is 18.9 Å². The third-order valence-corrected chi connectivity index (χ3v) is 4.79. The van der Waals surface area contributed by atoms with Crippen LogP contribution in [0.15, 0.2) is 28.6 Å². The molecule has 0 aliphatic carbocycles. The number of nitriles is 1. The van der Waals surface area contributed by atoms with E-state index in [4.69, 9.17) is 5.26 Å². The van der Waals surface area contributed by atoms with Crippen LogP contribution in [0.5, 0.6) is 0 Å². The topological polar surface area (TPSA) is 90.7 Å². The van der Waals surface area contributed by atoms with E-state index in [0.717, 1.165) is 33.7 Å². The van der Waals surface area contributed by atoms with Crippen molar-refractivity contribution in [1.82, 2.24) is 10.2 Å². The van der Waals surface area contributed by atoms with Crippen molar-refractivity contribution < 1.29 is 4.79 Å². The van der Waals surface area contributed by atoms with Crippen LogP contribution >= 0.6 is 23.1 Å². The molecule has 0 aliphatic rings. The molecular formula is C15H17N5OS2. The van der Waals surface area contributed by atoms with Crippen LogP contribution in [0.4, 0.5) is 10.8 Å². The summed E-state index contributed by atoms with van der Waals surface area (Å²) >= 11 is 2.81. The van der Waals surface area contributed by atoms with Gasteiger partial charge in [0.15, 0.2) is 4.34 Å². The number of amides is 1. The Labute approximate surface area is 143 Å². The van der Waals surface area contributed by atoms with E-state index in [1.807, 2.05) is 12.1 Å². The molecule has 1 amide bonds. The summed E-state index contributed by atoms with van der Waals surface area (Å²) in [4.78, 5) is 11.9. The number of rotatable bonds is 8. The molecule has 0 saturated carbocycles. The van der Waals surface area contributed by atoms with E-state index in [-0.39, 0.29) is 11.7 Å². The number of nitrogens with one attached hydrogen (secondary N) is 2. The number of aromatic nitrogens is 2. The zero-order valence-corrected chi connectivity index (χ0v) is 14.3. The number of thioether (sulfide) groups is 1. The molecule has 120 valence electrons. The summed E-state index contributed by atoms with van der Waals surface area (Å²) in [5, 5.41) is 23.5. The largest absolute Gasteiger partial charge is 0.360 e. The molecular weight excluding hydrogens is 330 g/mol. The molecule has 23 heavy (non-hydrogen) atoms. The van der Waals surface area contributed by atoms with Gasteiger partial charge in [0.25, 0.3) is 0 Å². The van der Waals surface area contributed by atoms with Crippen molar-refractivity contribution in [1.29, 1.82) is 5.26 Å². The van der Waals surface area contributed by atoms with Crippen LogP contribution in [0.2, 0.25) is 0 Å². The van der Waals surface area contributed by atoms with Crippen LogP contribution in [-0.2, 0) is 11.2 Å². The molecule has 2 N–H and O–H groups in total. The minimum atomic E-state index is -0.0960. The first kappa shape index (κ1) is 17.2. The Morgan fingerprint density at radius 3 is 2.83 bits per heavy atom. The average molecular weight is 347 g/mol. The lowest BCUT2D eigenvalue weighted by atomic mass is 10.1. The Morgan fingerprint density at radius 1 is 1.35 bits per heavy atom. The molecule has 0 spiro atoms. The number of nitrogens with zero attached hydrogens (tertiary/aromatic N) is 3. The maximum Gasteiger partial charge on any atom is 0.234 e. The third kappa shape index (κ3) is 5.88. The minimum Gasteiger partial charge on any atom is -0.360 e. The van der Waals surface area contributed by atoms with E-state index < -0.39 is 0 Å². The average Bonchev–Trinajstić information content (AvgIpc) is 3.01. The van der Waals surface area contributed by atoms with Crippen LogP contribution in [0.3, 0.4) is 0 Å². The summed E-state index contributed by atoms with van der Waals surface area (Å²) in [5.41, 5.74) is 1.65. The third-order valence-electron chi connectivity index (χ3n) is 2.78. The second-order valence-electron chi connectivity index (χ2n) is 4.67. The van der Waals surface area contributed by atoms with Crippen molar-refractivity contribution in [3.05, 3.63) is 29.8 Å². The molecule has 1 aromatic heterocycles. The first-order chi connectivity index (χ1) is 11.2. The van der Waals surface area contributed by atoms with Crippen molar-refractivity contribution in [2.24, 2.45) is 0 Å². The lowest BCUT2D eigenvalue weighted by molar-refractivity contribution is -0.113. The van der Waals surface area contributed by atoms with Gasteiger partial charge in [0.2, 0.25) is 11.0 Å². The van der Waals surface area contributed by atoms with E-state index in [0.29, 0.717) is 6.42 Å². The fourth-order valence-corrected chi connectivity index (χ4v) is 3.27. The van der Waals surface area contributed by atoms with Gasteiger partial charge in [0.05, 0.1) is 18.2 Å². The zero-order chi connectivity index (χ0) is 16.5. The SMILES string of the molecule is CCCNc1nnc(SCC(=O)Nc2ccc(CC#N)cc2)s1. The van der Waals surface area contributed by atoms with Gasteiger partial charge in [0, 0.05) is 12.2 Å². The van der Waals surface area contributed by atoms with Gasteiger partial charge in [-0.15, -0.1) is 10.2 Å². The summed E-state index contributed by atoms with van der Waals surface area (Å²) in [5.74, 6) is 0.184. The van der Waals surface area contributed by atoms with E-state index in [1.165, 1.54) is 23.1 Å². The highest BCUT2D eigenvalue weighted by Crippen LogP contribution is 2.25. The summed E-state index contributed by atoms with van der Waals surface area (Å²) in [7, 11) is 0. The van der Waals surface area contributed by atoms with Crippen LogP contribution < -0.4 is 10.6 Å². The Morgan fingerprint density at radius 2 is 2.13 bits per heavy atom. The number of benzene rings is 1. The van der Waals surface area contributed by atoms with E-state index >= 15 is 0 Å². The van der Waals surface area contributed by atoms with Crippen LogP contribution in [0, 0.1) is 11.3 Å². The fraction of sp³-hybridized carbons (Fsp3) is 0.333. The van der Waals surface area contributed by atoms with Gasteiger partial charge in [0.1, 0.15) is 0 Å². The molecule has 1 aromatic carbocycles. The van der Waals surface area contributed by atoms with Crippen molar-refractivity contribution in [3.63, 3.8) is 0 Å². The molecule has 2 aromatic rings. The van der Waals surface area contributed by atoms with Crippen molar-refractivity contribution in [3.8, 4) is 6.07 Å². The molecule has 0 saturated heterocycles. The van der Waals surface area contributed by atoms with Crippen molar-refractivity contribution >= 4 is 39.8 Å². The smallest absolute Gasteiger partial charge is 0.234 e. The van der Waals surface area contributed by atoms with E-state index in [9.17, 15) is 4.79 Å². The molecule has 2 rings (SSSR count). The molecule has 0 radical (unpaired) electrons. The molecule has 8 heteroatoms. The molecule has 6 nitrogen and oxygen atoms in total. The minimum absolute atomic E-state index is 0.0960. The summed E-state index contributed by atoms with van der Waals surface area (Å²) in [6.45, 7) is 2.95. The highest BCUT2D eigenvalue weighted by atomic mass is 32.2. The molecule has 0 bridgehead atoms. The zero-order valence-electron chi connectivity index (χ0n) is 12.7. The second-order valence-corrected chi connectivity index (χ2v) is 6.87. The summed E-state index contributed by atoms with van der Waals surface area (Å²) in [6.07, 6.45) is 1.40. The quantitative estimate of drug-likeness (QED) is 0.713. The van der Waals surface area contributed by atoms with E-state index in [1.54, 1.807) is 12.1 Å². The highest BCUT2D eigenvalue weighted by Gasteiger charge is 2.08. The standard InChI is InChI=1S/C15H17N5OS2/c1-2-9-17-14-19-20-15(23-14)22-10-13(21)18-12-5-3-11(4-6-12)7-8-16/h3-6H,2,7,9-10H2,1H3,(H,17,19)(H,18,21). The van der Waals surface area contributed by atoms with Gasteiger partial charge in [-0.1, -0.05) is 42.2 Å². The number of hydrogen-bond donors (Lipinski definition) is 2. The first-order valence-electron chi connectivity index (χ1n) is 7.17. The Balaban J connectivity index is 1.78. The lowest BCUT2D eigenvalue weighted by Gasteiger charge is -2.04. The van der Waals surface area contributed by atoms with Crippen LogP contribution in [0.25, 0.3) is 0 Å². The normalized spacial score (nSPS) is 10.1. The Kier molecular flexibility index (Phi) is 6.84. The molecule has 0 unspecified atom stereocenters. The predicted molar refractivity (Wildman–Crippen MR) is 93.8 cm³/mol. The second kappa shape index (κ2) is 9.12. The number of hydrogen-bond acceptors (Lipinski definition) is 7. The number of carbonyl (C=O) groups is 1. The van der Waals surface area contributed by atoms with E-state index in [2.05, 4.69) is 33.8 Å². The first-order valence-corrected chi connectivity index (χ1v) is 8.97. The predicted octanol–water partition coefficient (Wildman–Crippen LogP) is 3.16. The monoisotopic (exact) mass is 347 g/mol.